The summed E-state index contributed by atoms with van der Waals surface area (Å²) in [7, 11) is 0. The fourth-order valence-corrected chi connectivity index (χ4v) is 1.69. The molecule has 0 aliphatic carbocycles. The van der Waals surface area contributed by atoms with E-state index in [9.17, 15) is 9.59 Å². The monoisotopic (exact) mass is 312 g/mol. The first-order valence-electron chi connectivity index (χ1n) is 6.72. The zero-order valence-corrected chi connectivity index (χ0v) is 13.3. The Morgan fingerprint density at radius 3 is 2.62 bits per heavy atom. The van der Waals surface area contributed by atoms with Gasteiger partial charge >= 0.3 is 6.09 Å². The molecule has 0 fully saturated rings. The Morgan fingerprint density at radius 2 is 2.00 bits per heavy atom. The zero-order valence-electron chi connectivity index (χ0n) is 12.5. The predicted octanol–water partition coefficient (Wildman–Crippen LogP) is 2.93. The number of hydrogen-bond donors (Lipinski definition) is 2. The van der Waals surface area contributed by atoms with Crippen LogP contribution in [0.1, 0.15) is 26.3 Å². The van der Waals surface area contributed by atoms with Crippen molar-refractivity contribution < 1.29 is 14.3 Å². The standard InChI is InChI=1S/C15H21ClN2O3/c1-15(2,3)21-14(20)17-8-7-11-5-4-6-12(9-11)18-13(19)10-16/h4-6,9H,7-8,10H2,1-3H3,(H,17,20)(H,18,19). The van der Waals surface area contributed by atoms with Gasteiger partial charge in [-0.25, -0.2) is 4.79 Å². The molecule has 0 saturated carbocycles. The van der Waals surface area contributed by atoms with Gasteiger partial charge < -0.3 is 15.4 Å². The molecule has 0 bridgehead atoms. The number of alkyl carbamates (subject to hydrolysis) is 1. The van der Waals surface area contributed by atoms with E-state index in [0.29, 0.717) is 18.7 Å². The summed E-state index contributed by atoms with van der Waals surface area (Å²) in [5.41, 5.74) is 1.18. The fourth-order valence-electron chi connectivity index (χ4n) is 1.62. The molecule has 5 nitrogen and oxygen atoms in total. The molecular formula is C15H21ClN2O3. The Morgan fingerprint density at radius 1 is 1.29 bits per heavy atom. The maximum Gasteiger partial charge on any atom is 0.407 e. The van der Waals surface area contributed by atoms with Crippen molar-refractivity contribution in [3.8, 4) is 0 Å². The number of carbonyl (C=O) groups excluding carboxylic acids is 2. The van der Waals surface area contributed by atoms with Crippen molar-refractivity contribution in [1.29, 1.82) is 0 Å². The number of halogens is 1. The van der Waals surface area contributed by atoms with E-state index in [2.05, 4.69) is 10.6 Å². The van der Waals surface area contributed by atoms with Crippen LogP contribution in [-0.2, 0) is 16.0 Å². The van der Waals surface area contributed by atoms with E-state index in [-0.39, 0.29) is 11.8 Å². The molecule has 1 aromatic carbocycles. The Kier molecular flexibility index (Phi) is 6.49. The van der Waals surface area contributed by atoms with Crippen molar-refractivity contribution >= 4 is 29.3 Å². The lowest BCUT2D eigenvalue weighted by molar-refractivity contribution is -0.113. The lowest BCUT2D eigenvalue weighted by atomic mass is 10.1. The number of carbonyl (C=O) groups is 2. The summed E-state index contributed by atoms with van der Waals surface area (Å²) in [5.74, 6) is -0.328. The van der Waals surface area contributed by atoms with Crippen LogP contribution >= 0.6 is 11.6 Å². The number of amides is 2. The maximum atomic E-state index is 11.5. The molecule has 1 aromatic rings. The number of rotatable bonds is 5. The predicted molar refractivity (Wildman–Crippen MR) is 83.7 cm³/mol. The first-order valence-corrected chi connectivity index (χ1v) is 7.25. The molecule has 2 amide bonds. The van der Waals surface area contributed by atoms with Gasteiger partial charge in [0.25, 0.3) is 0 Å². The number of ether oxygens (including phenoxy) is 1. The van der Waals surface area contributed by atoms with Crippen molar-refractivity contribution in [2.75, 3.05) is 17.7 Å². The van der Waals surface area contributed by atoms with E-state index in [1.807, 2.05) is 39.0 Å². The summed E-state index contributed by atoms with van der Waals surface area (Å²) in [5, 5.41) is 5.37. The van der Waals surface area contributed by atoms with E-state index >= 15 is 0 Å². The third-order valence-electron chi connectivity index (χ3n) is 2.41. The average molecular weight is 313 g/mol. The number of nitrogens with one attached hydrogen (secondary N) is 2. The quantitative estimate of drug-likeness (QED) is 0.821. The average Bonchev–Trinajstić information content (AvgIpc) is 2.37. The Hall–Kier alpha value is -1.75. The topological polar surface area (TPSA) is 67.4 Å². The molecule has 0 saturated heterocycles. The van der Waals surface area contributed by atoms with Gasteiger partial charge in [-0.3, -0.25) is 4.79 Å². The van der Waals surface area contributed by atoms with E-state index in [0.717, 1.165) is 5.56 Å². The molecule has 6 heteroatoms. The molecule has 0 atom stereocenters. The SMILES string of the molecule is CC(C)(C)OC(=O)NCCc1cccc(NC(=O)CCl)c1. The second-order valence-corrected chi connectivity index (χ2v) is 5.83. The van der Waals surface area contributed by atoms with Crippen molar-refractivity contribution in [3.63, 3.8) is 0 Å². The van der Waals surface area contributed by atoms with Gasteiger partial charge in [-0.05, 0) is 44.9 Å². The number of anilines is 1. The van der Waals surface area contributed by atoms with Crippen LogP contribution in [0.15, 0.2) is 24.3 Å². The first kappa shape index (κ1) is 17.3. The van der Waals surface area contributed by atoms with Crippen LogP contribution in [-0.4, -0.2) is 30.0 Å². The van der Waals surface area contributed by atoms with Crippen molar-refractivity contribution in [2.45, 2.75) is 32.8 Å². The van der Waals surface area contributed by atoms with E-state index < -0.39 is 11.7 Å². The Balaban J connectivity index is 2.43. The minimum absolute atomic E-state index is 0.0789. The van der Waals surface area contributed by atoms with E-state index in [4.69, 9.17) is 16.3 Å². The van der Waals surface area contributed by atoms with Crippen molar-refractivity contribution in [3.05, 3.63) is 29.8 Å². The minimum atomic E-state index is -0.504. The van der Waals surface area contributed by atoms with E-state index in [1.165, 1.54) is 0 Å². The summed E-state index contributed by atoms with van der Waals surface area (Å²) < 4.78 is 5.14. The molecule has 0 aliphatic rings. The number of benzene rings is 1. The third kappa shape index (κ3) is 7.56. The lowest BCUT2D eigenvalue weighted by Gasteiger charge is -2.19. The largest absolute Gasteiger partial charge is 0.444 e. The lowest BCUT2D eigenvalue weighted by Crippen LogP contribution is -2.33. The van der Waals surface area contributed by atoms with Crippen LogP contribution in [0.25, 0.3) is 0 Å². The summed E-state index contributed by atoms with van der Waals surface area (Å²) >= 11 is 5.44. The number of alkyl halides is 1. The van der Waals surface area contributed by atoms with Crippen molar-refractivity contribution in [1.82, 2.24) is 5.32 Å². The summed E-state index contributed by atoms with van der Waals surface area (Å²) in [4.78, 5) is 22.7. The molecule has 0 unspecified atom stereocenters. The van der Waals surface area contributed by atoms with Gasteiger partial charge in [0.1, 0.15) is 11.5 Å². The van der Waals surface area contributed by atoms with Gasteiger partial charge in [-0.2, -0.15) is 0 Å². The molecule has 0 aromatic heterocycles. The highest BCUT2D eigenvalue weighted by molar-refractivity contribution is 6.29. The smallest absolute Gasteiger partial charge is 0.407 e. The molecular weight excluding hydrogens is 292 g/mol. The number of hydrogen-bond acceptors (Lipinski definition) is 3. The molecule has 1 rings (SSSR count). The second-order valence-electron chi connectivity index (χ2n) is 5.56. The van der Waals surface area contributed by atoms with Gasteiger partial charge in [-0.15, -0.1) is 11.6 Å². The Bertz CT molecular complexity index is 498. The Labute approximate surface area is 130 Å². The normalized spacial score (nSPS) is 10.9. The van der Waals surface area contributed by atoms with Gasteiger partial charge in [0.15, 0.2) is 0 Å². The van der Waals surface area contributed by atoms with Crippen LogP contribution in [0.5, 0.6) is 0 Å². The highest BCUT2D eigenvalue weighted by Gasteiger charge is 2.15. The van der Waals surface area contributed by atoms with E-state index in [1.54, 1.807) is 6.07 Å². The highest BCUT2D eigenvalue weighted by Crippen LogP contribution is 2.11. The van der Waals surface area contributed by atoms with Crippen LogP contribution in [0.4, 0.5) is 10.5 Å². The minimum Gasteiger partial charge on any atom is -0.444 e. The summed E-state index contributed by atoms with van der Waals surface area (Å²) in [6.45, 7) is 5.91. The van der Waals surface area contributed by atoms with Crippen LogP contribution in [0, 0.1) is 0 Å². The first-order chi connectivity index (χ1) is 9.80. The van der Waals surface area contributed by atoms with Gasteiger partial charge in [0, 0.05) is 12.2 Å². The third-order valence-corrected chi connectivity index (χ3v) is 2.66. The fraction of sp³-hybridized carbons (Fsp3) is 0.467. The second kappa shape index (κ2) is 7.88. The summed E-state index contributed by atoms with van der Waals surface area (Å²) in [6, 6.07) is 7.40. The molecule has 0 radical (unpaired) electrons. The molecule has 21 heavy (non-hydrogen) atoms. The molecule has 2 N–H and O–H groups in total. The van der Waals surface area contributed by atoms with Gasteiger partial charge in [0.05, 0.1) is 0 Å². The van der Waals surface area contributed by atoms with Crippen molar-refractivity contribution in [2.24, 2.45) is 0 Å². The molecule has 116 valence electrons. The maximum absolute atomic E-state index is 11.5. The molecule has 0 spiro atoms. The van der Waals surface area contributed by atoms with Gasteiger partial charge in [0.2, 0.25) is 5.91 Å². The molecule has 0 aliphatic heterocycles. The van der Waals surface area contributed by atoms with Gasteiger partial charge in [-0.1, -0.05) is 12.1 Å². The molecule has 0 heterocycles. The van der Waals surface area contributed by atoms with Crippen LogP contribution in [0.3, 0.4) is 0 Å². The highest BCUT2D eigenvalue weighted by atomic mass is 35.5. The zero-order chi connectivity index (χ0) is 15.9. The van der Waals surface area contributed by atoms with Crippen LogP contribution in [0.2, 0.25) is 0 Å². The van der Waals surface area contributed by atoms with Crippen LogP contribution < -0.4 is 10.6 Å². The summed E-state index contributed by atoms with van der Waals surface area (Å²) in [6.07, 6.45) is 0.207.